The van der Waals surface area contributed by atoms with Gasteiger partial charge in [0, 0.05) is 23.7 Å². The SMILES string of the molecule is O=C(C1=Cc2cc(Cl)ccc2OC1)N1CCCC1. The Labute approximate surface area is 111 Å². The minimum atomic E-state index is 0.0955. The zero-order chi connectivity index (χ0) is 12.5. The molecule has 18 heavy (non-hydrogen) atoms. The van der Waals surface area contributed by atoms with E-state index in [-0.39, 0.29) is 5.91 Å². The molecule has 2 aliphatic rings. The van der Waals surface area contributed by atoms with Crippen LogP contribution in [0.1, 0.15) is 18.4 Å². The Balaban J connectivity index is 1.88. The van der Waals surface area contributed by atoms with Gasteiger partial charge in [0.05, 0.1) is 5.57 Å². The number of rotatable bonds is 1. The van der Waals surface area contributed by atoms with Crippen molar-refractivity contribution in [3.8, 4) is 5.75 Å². The molecule has 1 amide bonds. The average molecular weight is 264 g/mol. The molecule has 0 unspecified atom stereocenters. The van der Waals surface area contributed by atoms with Gasteiger partial charge in [-0.3, -0.25) is 4.79 Å². The smallest absolute Gasteiger partial charge is 0.253 e. The zero-order valence-electron chi connectivity index (χ0n) is 9.99. The van der Waals surface area contributed by atoms with Crippen LogP contribution in [0.4, 0.5) is 0 Å². The van der Waals surface area contributed by atoms with Crippen LogP contribution < -0.4 is 4.74 Å². The Bertz CT molecular complexity index is 519. The van der Waals surface area contributed by atoms with E-state index in [9.17, 15) is 4.79 Å². The second kappa shape index (κ2) is 4.65. The minimum absolute atomic E-state index is 0.0955. The van der Waals surface area contributed by atoms with Crippen molar-refractivity contribution in [3.63, 3.8) is 0 Å². The summed E-state index contributed by atoms with van der Waals surface area (Å²) in [5.74, 6) is 0.885. The van der Waals surface area contributed by atoms with E-state index >= 15 is 0 Å². The van der Waals surface area contributed by atoms with Crippen LogP contribution in [-0.4, -0.2) is 30.5 Å². The number of hydrogen-bond acceptors (Lipinski definition) is 2. The number of hydrogen-bond donors (Lipinski definition) is 0. The molecule has 2 heterocycles. The standard InChI is InChI=1S/C14H14ClNO2/c15-12-3-4-13-10(8-12)7-11(9-18-13)14(17)16-5-1-2-6-16/h3-4,7-8H,1-2,5-6,9H2. The molecule has 1 aromatic rings. The molecule has 0 spiro atoms. The fraction of sp³-hybridized carbons (Fsp3) is 0.357. The monoisotopic (exact) mass is 263 g/mol. The third-order valence-corrected chi connectivity index (χ3v) is 3.59. The molecule has 0 N–H and O–H groups in total. The van der Waals surface area contributed by atoms with Gasteiger partial charge in [0.15, 0.2) is 0 Å². The van der Waals surface area contributed by atoms with Gasteiger partial charge in [-0.1, -0.05) is 11.6 Å². The van der Waals surface area contributed by atoms with E-state index in [2.05, 4.69) is 0 Å². The first-order valence-electron chi connectivity index (χ1n) is 6.16. The number of likely N-dealkylation sites (tertiary alicyclic amines) is 1. The summed E-state index contributed by atoms with van der Waals surface area (Å²) in [5.41, 5.74) is 1.60. The molecule has 0 bridgehead atoms. The first kappa shape index (κ1) is 11.6. The second-order valence-corrected chi connectivity index (χ2v) is 5.08. The highest BCUT2D eigenvalue weighted by molar-refractivity contribution is 6.30. The Morgan fingerprint density at radius 2 is 2.06 bits per heavy atom. The van der Waals surface area contributed by atoms with Crippen LogP contribution in [-0.2, 0) is 4.79 Å². The zero-order valence-corrected chi connectivity index (χ0v) is 10.7. The van der Waals surface area contributed by atoms with Gasteiger partial charge in [-0.15, -0.1) is 0 Å². The molecular formula is C14H14ClNO2. The average Bonchev–Trinajstić information content (AvgIpc) is 2.90. The third-order valence-electron chi connectivity index (χ3n) is 3.35. The fourth-order valence-corrected chi connectivity index (χ4v) is 2.58. The number of benzene rings is 1. The third kappa shape index (κ3) is 2.10. The molecule has 1 saturated heterocycles. The van der Waals surface area contributed by atoms with E-state index in [4.69, 9.17) is 16.3 Å². The van der Waals surface area contributed by atoms with Crippen molar-refractivity contribution in [1.82, 2.24) is 4.90 Å². The van der Waals surface area contributed by atoms with Crippen molar-refractivity contribution in [2.45, 2.75) is 12.8 Å². The number of ether oxygens (including phenoxy) is 1. The number of nitrogens with zero attached hydrogens (tertiary/aromatic N) is 1. The van der Waals surface area contributed by atoms with Crippen molar-refractivity contribution in [2.24, 2.45) is 0 Å². The number of carbonyl (C=O) groups is 1. The van der Waals surface area contributed by atoms with E-state index in [1.807, 2.05) is 23.1 Å². The van der Waals surface area contributed by atoms with Gasteiger partial charge < -0.3 is 9.64 Å². The van der Waals surface area contributed by atoms with Crippen molar-refractivity contribution in [2.75, 3.05) is 19.7 Å². The van der Waals surface area contributed by atoms with Crippen LogP contribution in [0.3, 0.4) is 0 Å². The topological polar surface area (TPSA) is 29.5 Å². The molecule has 3 rings (SSSR count). The van der Waals surface area contributed by atoms with Crippen LogP contribution in [0.2, 0.25) is 5.02 Å². The summed E-state index contributed by atoms with van der Waals surface area (Å²) in [7, 11) is 0. The van der Waals surface area contributed by atoms with E-state index in [0.717, 1.165) is 37.2 Å². The molecule has 3 nitrogen and oxygen atoms in total. The number of halogens is 1. The van der Waals surface area contributed by atoms with Crippen molar-refractivity contribution < 1.29 is 9.53 Å². The highest BCUT2D eigenvalue weighted by atomic mass is 35.5. The lowest BCUT2D eigenvalue weighted by molar-refractivity contribution is -0.126. The van der Waals surface area contributed by atoms with Gasteiger partial charge in [0.25, 0.3) is 5.91 Å². The highest BCUT2D eigenvalue weighted by Crippen LogP contribution is 2.29. The molecule has 0 atom stereocenters. The Kier molecular flexibility index (Phi) is 3.00. The maximum atomic E-state index is 12.2. The maximum absolute atomic E-state index is 12.2. The normalized spacial score (nSPS) is 18.1. The summed E-state index contributed by atoms with van der Waals surface area (Å²) in [6, 6.07) is 5.46. The molecule has 1 aromatic carbocycles. The van der Waals surface area contributed by atoms with E-state index in [1.165, 1.54) is 0 Å². The van der Waals surface area contributed by atoms with Crippen molar-refractivity contribution in [3.05, 3.63) is 34.4 Å². The minimum Gasteiger partial charge on any atom is -0.488 e. The van der Waals surface area contributed by atoms with E-state index in [1.54, 1.807) is 6.07 Å². The van der Waals surface area contributed by atoms with Crippen LogP contribution in [0.5, 0.6) is 5.75 Å². The predicted molar refractivity (Wildman–Crippen MR) is 70.7 cm³/mol. The molecule has 0 aromatic heterocycles. The second-order valence-electron chi connectivity index (χ2n) is 4.64. The molecular weight excluding hydrogens is 250 g/mol. The van der Waals surface area contributed by atoms with E-state index in [0.29, 0.717) is 17.2 Å². The molecule has 0 aliphatic carbocycles. The quantitative estimate of drug-likeness (QED) is 0.780. The highest BCUT2D eigenvalue weighted by Gasteiger charge is 2.24. The molecule has 94 valence electrons. The van der Waals surface area contributed by atoms with Gasteiger partial charge >= 0.3 is 0 Å². The molecule has 2 aliphatic heterocycles. The summed E-state index contributed by atoms with van der Waals surface area (Å²) >= 11 is 5.95. The van der Waals surface area contributed by atoms with E-state index < -0.39 is 0 Å². The molecule has 1 fully saturated rings. The largest absolute Gasteiger partial charge is 0.488 e. The maximum Gasteiger partial charge on any atom is 0.253 e. The van der Waals surface area contributed by atoms with Crippen molar-refractivity contribution >= 4 is 23.6 Å². The molecule has 0 saturated carbocycles. The lowest BCUT2D eigenvalue weighted by Crippen LogP contribution is -2.31. The Morgan fingerprint density at radius 3 is 2.83 bits per heavy atom. The van der Waals surface area contributed by atoms with Gasteiger partial charge in [0.2, 0.25) is 0 Å². The number of amides is 1. The summed E-state index contributed by atoms with van der Waals surface area (Å²) in [6.07, 6.45) is 4.09. The summed E-state index contributed by atoms with van der Waals surface area (Å²) in [6.45, 7) is 2.07. The van der Waals surface area contributed by atoms with Gasteiger partial charge in [0.1, 0.15) is 12.4 Å². The summed E-state index contributed by atoms with van der Waals surface area (Å²) in [5, 5.41) is 0.656. The Morgan fingerprint density at radius 1 is 1.28 bits per heavy atom. The predicted octanol–water partition coefficient (Wildman–Crippen LogP) is 2.74. The van der Waals surface area contributed by atoms with Crippen LogP contribution in [0.15, 0.2) is 23.8 Å². The van der Waals surface area contributed by atoms with Gasteiger partial charge in [-0.25, -0.2) is 0 Å². The van der Waals surface area contributed by atoms with Crippen molar-refractivity contribution in [1.29, 1.82) is 0 Å². The van der Waals surface area contributed by atoms with Crippen LogP contribution in [0.25, 0.3) is 6.08 Å². The van der Waals surface area contributed by atoms with Gasteiger partial charge in [-0.05, 0) is 37.1 Å². The lowest BCUT2D eigenvalue weighted by Gasteiger charge is -2.21. The summed E-state index contributed by atoms with van der Waals surface area (Å²) < 4.78 is 5.60. The lowest BCUT2D eigenvalue weighted by atomic mass is 10.1. The van der Waals surface area contributed by atoms with Crippen LogP contribution >= 0.6 is 11.6 Å². The number of fused-ring (bicyclic) bond motifs is 1. The fourth-order valence-electron chi connectivity index (χ4n) is 2.40. The first-order chi connectivity index (χ1) is 8.74. The first-order valence-corrected chi connectivity index (χ1v) is 6.54. The number of carbonyl (C=O) groups excluding carboxylic acids is 1. The van der Waals surface area contributed by atoms with Crippen LogP contribution in [0, 0.1) is 0 Å². The Hall–Kier alpha value is -1.48. The molecule has 4 heteroatoms. The summed E-state index contributed by atoms with van der Waals surface area (Å²) in [4.78, 5) is 14.1. The molecule has 0 radical (unpaired) electrons. The van der Waals surface area contributed by atoms with Gasteiger partial charge in [-0.2, -0.15) is 0 Å².